The maximum Gasteiger partial charge on any atom is 0.264 e. The van der Waals surface area contributed by atoms with Crippen LogP contribution in [0, 0.1) is 20.8 Å². The molecule has 3 rings (SSSR count). The van der Waals surface area contributed by atoms with Gasteiger partial charge in [0.1, 0.15) is 12.6 Å². The highest BCUT2D eigenvalue weighted by Crippen LogP contribution is 2.31. The average Bonchev–Trinajstić information content (AvgIpc) is 2.88. The van der Waals surface area contributed by atoms with Crippen LogP contribution in [-0.4, -0.2) is 43.8 Å². The molecule has 0 aromatic heterocycles. The summed E-state index contributed by atoms with van der Waals surface area (Å²) in [4.78, 5) is 28.5. The molecule has 1 N–H and O–H groups in total. The smallest absolute Gasteiger partial charge is 0.264 e. The third kappa shape index (κ3) is 7.19. The standard InChI is InChI=1S/C30H36ClN3O4S/c1-20(2)32-30(36)24(6)33(18-25-11-8-7-10-22(25)4)29(35)19-34(28-13-9-12-27(31)23(28)5)39(37,38)26-16-14-21(3)15-17-26/h7-17,20,24H,18-19H2,1-6H3,(H,32,36). The fourth-order valence-electron chi connectivity index (χ4n) is 4.18. The zero-order valence-corrected chi connectivity index (χ0v) is 24.8. The summed E-state index contributed by atoms with van der Waals surface area (Å²) >= 11 is 6.37. The number of hydrogen-bond acceptors (Lipinski definition) is 4. The molecule has 0 aliphatic rings. The minimum absolute atomic E-state index is 0.0522. The summed E-state index contributed by atoms with van der Waals surface area (Å²) in [5.41, 5.74) is 3.55. The van der Waals surface area contributed by atoms with E-state index in [4.69, 9.17) is 11.6 Å². The molecule has 0 spiro atoms. The Morgan fingerprint density at radius 2 is 1.54 bits per heavy atom. The van der Waals surface area contributed by atoms with Crippen LogP contribution in [0.4, 0.5) is 5.69 Å². The van der Waals surface area contributed by atoms with Crippen LogP contribution in [0.2, 0.25) is 5.02 Å². The minimum atomic E-state index is -4.16. The van der Waals surface area contributed by atoms with E-state index in [2.05, 4.69) is 5.32 Å². The van der Waals surface area contributed by atoms with Crippen molar-refractivity contribution < 1.29 is 18.0 Å². The number of hydrogen-bond donors (Lipinski definition) is 1. The zero-order chi connectivity index (χ0) is 28.9. The molecule has 0 saturated carbocycles. The molecule has 0 aliphatic carbocycles. The molecule has 0 saturated heterocycles. The third-order valence-electron chi connectivity index (χ3n) is 6.60. The summed E-state index contributed by atoms with van der Waals surface area (Å²) in [6.45, 7) is 10.5. The number of nitrogens with zero attached hydrogens (tertiary/aromatic N) is 2. The van der Waals surface area contributed by atoms with Gasteiger partial charge in [0.2, 0.25) is 11.8 Å². The monoisotopic (exact) mass is 569 g/mol. The van der Waals surface area contributed by atoms with Crippen molar-refractivity contribution >= 4 is 39.1 Å². The second kappa shape index (κ2) is 12.7. The van der Waals surface area contributed by atoms with E-state index in [9.17, 15) is 18.0 Å². The molecule has 0 radical (unpaired) electrons. The molecular weight excluding hydrogens is 534 g/mol. The molecule has 1 atom stereocenters. The van der Waals surface area contributed by atoms with Crippen LogP contribution in [-0.2, 0) is 26.2 Å². The normalized spacial score (nSPS) is 12.2. The molecule has 3 aromatic rings. The molecule has 0 bridgehead atoms. The van der Waals surface area contributed by atoms with Gasteiger partial charge in [0.15, 0.2) is 0 Å². The summed E-state index contributed by atoms with van der Waals surface area (Å²) in [5, 5.41) is 3.24. The van der Waals surface area contributed by atoms with E-state index in [-0.39, 0.29) is 23.4 Å². The van der Waals surface area contributed by atoms with Gasteiger partial charge in [-0.25, -0.2) is 8.42 Å². The number of nitrogens with one attached hydrogen (secondary N) is 1. The largest absolute Gasteiger partial charge is 0.352 e. The van der Waals surface area contributed by atoms with Gasteiger partial charge in [-0.05, 0) is 82.5 Å². The van der Waals surface area contributed by atoms with Gasteiger partial charge in [0, 0.05) is 17.6 Å². The summed E-state index contributed by atoms with van der Waals surface area (Å²) in [6, 6.07) is 18.0. The Morgan fingerprint density at radius 1 is 0.897 bits per heavy atom. The molecule has 9 heteroatoms. The number of halogens is 1. The molecule has 208 valence electrons. The number of anilines is 1. The Bertz CT molecular complexity index is 1440. The van der Waals surface area contributed by atoms with Crippen molar-refractivity contribution in [1.82, 2.24) is 10.2 Å². The number of aryl methyl sites for hydroxylation is 2. The van der Waals surface area contributed by atoms with Crippen molar-refractivity contribution in [1.29, 1.82) is 0 Å². The number of carbonyl (C=O) groups excluding carboxylic acids is 2. The molecular formula is C30H36ClN3O4S. The lowest BCUT2D eigenvalue weighted by Gasteiger charge is -2.33. The highest BCUT2D eigenvalue weighted by atomic mass is 35.5. The predicted octanol–water partition coefficient (Wildman–Crippen LogP) is 5.40. The fourth-order valence-corrected chi connectivity index (χ4v) is 5.82. The van der Waals surface area contributed by atoms with Gasteiger partial charge in [-0.1, -0.05) is 59.6 Å². The average molecular weight is 570 g/mol. The van der Waals surface area contributed by atoms with E-state index in [0.717, 1.165) is 21.0 Å². The van der Waals surface area contributed by atoms with E-state index < -0.39 is 28.5 Å². The predicted molar refractivity (Wildman–Crippen MR) is 156 cm³/mol. The molecule has 0 aliphatic heterocycles. The quantitative estimate of drug-likeness (QED) is 0.354. The Morgan fingerprint density at radius 3 is 2.15 bits per heavy atom. The first kappa shape index (κ1) is 30.2. The number of carbonyl (C=O) groups is 2. The van der Waals surface area contributed by atoms with Crippen LogP contribution in [0.5, 0.6) is 0 Å². The molecule has 7 nitrogen and oxygen atoms in total. The van der Waals surface area contributed by atoms with Crippen molar-refractivity contribution in [2.45, 2.75) is 65.1 Å². The van der Waals surface area contributed by atoms with Crippen molar-refractivity contribution in [3.63, 3.8) is 0 Å². The first-order chi connectivity index (χ1) is 18.3. The Hall–Kier alpha value is -3.36. The Labute approximate surface area is 236 Å². The number of rotatable bonds is 10. The molecule has 1 unspecified atom stereocenters. The lowest BCUT2D eigenvalue weighted by molar-refractivity contribution is -0.139. The summed E-state index contributed by atoms with van der Waals surface area (Å²) in [5.74, 6) is -0.835. The van der Waals surface area contributed by atoms with E-state index in [1.807, 2.05) is 52.0 Å². The van der Waals surface area contributed by atoms with Gasteiger partial charge in [-0.2, -0.15) is 0 Å². The molecule has 0 heterocycles. The first-order valence-corrected chi connectivity index (χ1v) is 14.6. The van der Waals surface area contributed by atoms with Crippen molar-refractivity contribution in [2.24, 2.45) is 0 Å². The van der Waals surface area contributed by atoms with Crippen LogP contribution < -0.4 is 9.62 Å². The Balaban J connectivity index is 2.09. The van der Waals surface area contributed by atoms with Crippen LogP contribution in [0.15, 0.2) is 71.6 Å². The minimum Gasteiger partial charge on any atom is -0.352 e. The first-order valence-electron chi connectivity index (χ1n) is 12.8. The second-order valence-electron chi connectivity index (χ2n) is 10.00. The van der Waals surface area contributed by atoms with Crippen LogP contribution in [0.25, 0.3) is 0 Å². The molecule has 2 amide bonds. The maximum absolute atomic E-state index is 14.0. The maximum atomic E-state index is 14.0. The van der Waals surface area contributed by atoms with Gasteiger partial charge in [0.25, 0.3) is 10.0 Å². The molecule has 39 heavy (non-hydrogen) atoms. The second-order valence-corrected chi connectivity index (χ2v) is 12.3. The fraction of sp³-hybridized carbons (Fsp3) is 0.333. The van der Waals surface area contributed by atoms with E-state index in [1.165, 1.54) is 17.0 Å². The lowest BCUT2D eigenvalue weighted by atomic mass is 10.1. The van der Waals surface area contributed by atoms with Crippen molar-refractivity contribution in [3.8, 4) is 0 Å². The van der Waals surface area contributed by atoms with Crippen LogP contribution in [0.1, 0.15) is 43.0 Å². The topological polar surface area (TPSA) is 86.8 Å². The molecule has 3 aromatic carbocycles. The van der Waals surface area contributed by atoms with E-state index >= 15 is 0 Å². The van der Waals surface area contributed by atoms with Gasteiger partial charge < -0.3 is 10.2 Å². The van der Waals surface area contributed by atoms with E-state index in [0.29, 0.717) is 16.3 Å². The number of benzene rings is 3. The number of sulfonamides is 1. The van der Waals surface area contributed by atoms with Crippen LogP contribution >= 0.6 is 11.6 Å². The summed E-state index contributed by atoms with van der Waals surface area (Å²) in [6.07, 6.45) is 0. The third-order valence-corrected chi connectivity index (χ3v) is 8.78. The van der Waals surface area contributed by atoms with E-state index in [1.54, 1.807) is 44.2 Å². The van der Waals surface area contributed by atoms with Gasteiger partial charge in [-0.15, -0.1) is 0 Å². The SMILES string of the molecule is Cc1ccc(S(=O)(=O)N(CC(=O)N(Cc2ccccc2C)C(C)C(=O)NC(C)C)c2cccc(Cl)c2C)cc1. The Kier molecular flexibility index (Phi) is 9.80. The number of amides is 2. The van der Waals surface area contributed by atoms with Gasteiger partial charge in [0.05, 0.1) is 10.6 Å². The van der Waals surface area contributed by atoms with Crippen molar-refractivity contribution in [2.75, 3.05) is 10.8 Å². The van der Waals surface area contributed by atoms with Gasteiger partial charge >= 0.3 is 0 Å². The summed E-state index contributed by atoms with van der Waals surface area (Å²) in [7, 11) is -4.16. The van der Waals surface area contributed by atoms with Crippen LogP contribution in [0.3, 0.4) is 0 Å². The van der Waals surface area contributed by atoms with Crippen molar-refractivity contribution in [3.05, 3.63) is 94.0 Å². The van der Waals surface area contributed by atoms with Gasteiger partial charge in [-0.3, -0.25) is 13.9 Å². The zero-order valence-electron chi connectivity index (χ0n) is 23.2. The highest BCUT2D eigenvalue weighted by Gasteiger charge is 2.33. The highest BCUT2D eigenvalue weighted by molar-refractivity contribution is 7.92. The molecule has 0 fully saturated rings. The lowest BCUT2D eigenvalue weighted by Crippen LogP contribution is -2.52. The summed E-state index contributed by atoms with van der Waals surface area (Å²) < 4.78 is 29.0.